The quantitative estimate of drug-likeness (QED) is 0.875. The van der Waals surface area contributed by atoms with Crippen molar-refractivity contribution >= 4 is 29.1 Å². The molecule has 128 valence electrons. The Bertz CT molecular complexity index is 568. The molecule has 1 aromatic rings. The third-order valence-corrected chi connectivity index (χ3v) is 4.51. The number of ether oxygens (including phenoxy) is 1. The summed E-state index contributed by atoms with van der Waals surface area (Å²) in [6.45, 7) is 1.41. The van der Waals surface area contributed by atoms with E-state index < -0.39 is 5.60 Å². The van der Waals surface area contributed by atoms with Crippen molar-refractivity contribution < 1.29 is 14.6 Å². The minimum Gasteiger partial charge on any atom is -0.484 e. The van der Waals surface area contributed by atoms with E-state index in [1.807, 2.05) is 19.0 Å². The molecule has 7 heteroatoms. The summed E-state index contributed by atoms with van der Waals surface area (Å²) < 4.78 is 5.48. The molecule has 1 atom stereocenters. The fourth-order valence-corrected chi connectivity index (χ4v) is 3.13. The van der Waals surface area contributed by atoms with Gasteiger partial charge in [-0.05, 0) is 39.1 Å². The number of β-amino-alcohol motifs (C(OH)–C–C–N with tert-alkyl or cyclic N) is 1. The van der Waals surface area contributed by atoms with Gasteiger partial charge >= 0.3 is 0 Å². The standard InChI is InChI=1S/C16H22Cl2N2O3/c1-19(2)10-16(22)6-3-7-20(11-16)15(21)9-23-12-4-5-13(17)14(18)8-12/h4-5,8,22H,3,6-7,9-11H2,1-2H3. The molecule has 5 nitrogen and oxygen atoms in total. The van der Waals surface area contributed by atoms with Crippen molar-refractivity contribution in [3.63, 3.8) is 0 Å². The van der Waals surface area contributed by atoms with Crippen LogP contribution in [-0.2, 0) is 4.79 Å². The maximum atomic E-state index is 12.3. The first kappa shape index (κ1) is 18.3. The maximum Gasteiger partial charge on any atom is 0.260 e. The molecule has 0 aromatic heterocycles. The van der Waals surface area contributed by atoms with Gasteiger partial charge in [0, 0.05) is 19.2 Å². The number of carbonyl (C=O) groups excluding carboxylic acids is 1. The summed E-state index contributed by atoms with van der Waals surface area (Å²) in [7, 11) is 3.82. The molecule has 1 aromatic carbocycles. The van der Waals surface area contributed by atoms with Crippen LogP contribution >= 0.6 is 23.2 Å². The van der Waals surface area contributed by atoms with Crippen LogP contribution in [-0.4, -0.2) is 66.8 Å². The average Bonchev–Trinajstić information content (AvgIpc) is 2.47. The monoisotopic (exact) mass is 360 g/mol. The maximum absolute atomic E-state index is 12.3. The van der Waals surface area contributed by atoms with Gasteiger partial charge in [0.15, 0.2) is 6.61 Å². The molecule has 1 aliphatic heterocycles. The third-order valence-electron chi connectivity index (χ3n) is 3.77. The van der Waals surface area contributed by atoms with Crippen molar-refractivity contribution in [3.05, 3.63) is 28.2 Å². The summed E-state index contributed by atoms with van der Waals surface area (Å²) >= 11 is 11.8. The van der Waals surface area contributed by atoms with Crippen LogP contribution in [0.4, 0.5) is 0 Å². The Hall–Kier alpha value is -1.01. The molecule has 1 unspecified atom stereocenters. The summed E-state index contributed by atoms with van der Waals surface area (Å²) in [5, 5.41) is 11.4. The molecule has 1 saturated heterocycles. The van der Waals surface area contributed by atoms with Crippen LogP contribution in [0.2, 0.25) is 10.0 Å². The van der Waals surface area contributed by atoms with Gasteiger partial charge in [-0.2, -0.15) is 0 Å². The number of hydrogen-bond donors (Lipinski definition) is 1. The molecule has 0 aliphatic carbocycles. The molecular weight excluding hydrogens is 339 g/mol. The van der Waals surface area contributed by atoms with E-state index in [9.17, 15) is 9.90 Å². The summed E-state index contributed by atoms with van der Waals surface area (Å²) in [5.74, 6) is 0.348. The first-order valence-electron chi connectivity index (χ1n) is 7.52. The Labute approximate surface area is 146 Å². The van der Waals surface area contributed by atoms with Gasteiger partial charge in [-0.1, -0.05) is 23.2 Å². The second kappa shape index (κ2) is 7.71. The molecule has 0 bridgehead atoms. The van der Waals surface area contributed by atoms with Gasteiger partial charge in [-0.25, -0.2) is 0 Å². The number of nitrogens with zero attached hydrogens (tertiary/aromatic N) is 2. The Kier molecular flexibility index (Phi) is 6.14. The number of likely N-dealkylation sites (N-methyl/N-ethyl adjacent to an activating group) is 1. The Morgan fingerprint density at radius 1 is 1.39 bits per heavy atom. The minimum absolute atomic E-state index is 0.0873. The smallest absolute Gasteiger partial charge is 0.260 e. The molecule has 1 N–H and O–H groups in total. The lowest BCUT2D eigenvalue weighted by Crippen LogP contribution is -2.55. The molecule has 1 heterocycles. The van der Waals surface area contributed by atoms with Crippen molar-refractivity contribution in [3.8, 4) is 5.75 Å². The zero-order valence-corrected chi connectivity index (χ0v) is 14.9. The van der Waals surface area contributed by atoms with Crippen molar-refractivity contribution in [2.75, 3.05) is 40.3 Å². The summed E-state index contributed by atoms with van der Waals surface area (Å²) in [4.78, 5) is 15.9. The molecule has 0 saturated carbocycles. The van der Waals surface area contributed by atoms with Crippen LogP contribution in [0.25, 0.3) is 0 Å². The molecule has 2 rings (SSSR count). The molecule has 0 radical (unpaired) electrons. The Balaban J connectivity index is 1.91. The Morgan fingerprint density at radius 3 is 2.78 bits per heavy atom. The zero-order chi connectivity index (χ0) is 17.0. The molecule has 0 spiro atoms. The molecule has 1 fully saturated rings. The van der Waals surface area contributed by atoms with Crippen LogP contribution in [0.5, 0.6) is 5.75 Å². The average molecular weight is 361 g/mol. The normalized spacial score (nSPS) is 21.6. The summed E-state index contributed by atoms with van der Waals surface area (Å²) in [6, 6.07) is 4.87. The number of halogens is 2. The SMILES string of the molecule is CN(C)CC1(O)CCCN(C(=O)COc2ccc(Cl)c(Cl)c2)C1. The van der Waals surface area contributed by atoms with Crippen molar-refractivity contribution in [2.24, 2.45) is 0 Å². The number of piperidine rings is 1. The summed E-state index contributed by atoms with van der Waals surface area (Å²) in [6.07, 6.45) is 1.48. The van der Waals surface area contributed by atoms with E-state index in [1.54, 1.807) is 23.1 Å². The minimum atomic E-state index is -0.860. The fraction of sp³-hybridized carbons (Fsp3) is 0.562. The predicted octanol–water partition coefficient (Wildman–Crippen LogP) is 2.29. The van der Waals surface area contributed by atoms with E-state index >= 15 is 0 Å². The number of hydrogen-bond acceptors (Lipinski definition) is 4. The highest BCUT2D eigenvalue weighted by atomic mass is 35.5. The van der Waals surface area contributed by atoms with E-state index in [0.717, 1.165) is 6.42 Å². The van der Waals surface area contributed by atoms with Crippen LogP contribution < -0.4 is 4.74 Å². The van der Waals surface area contributed by atoms with Crippen LogP contribution in [0.1, 0.15) is 12.8 Å². The van der Waals surface area contributed by atoms with Gasteiger partial charge in [0.05, 0.1) is 22.2 Å². The van der Waals surface area contributed by atoms with Gasteiger partial charge in [-0.3, -0.25) is 4.79 Å². The predicted molar refractivity (Wildman–Crippen MR) is 91.3 cm³/mol. The highest BCUT2D eigenvalue weighted by molar-refractivity contribution is 6.42. The van der Waals surface area contributed by atoms with Crippen molar-refractivity contribution in [1.82, 2.24) is 9.80 Å². The van der Waals surface area contributed by atoms with Crippen LogP contribution in [0.3, 0.4) is 0 Å². The van der Waals surface area contributed by atoms with Gasteiger partial charge < -0.3 is 19.6 Å². The Morgan fingerprint density at radius 2 is 2.13 bits per heavy atom. The topological polar surface area (TPSA) is 53.0 Å². The lowest BCUT2D eigenvalue weighted by atomic mass is 9.92. The lowest BCUT2D eigenvalue weighted by Gasteiger charge is -2.40. The van der Waals surface area contributed by atoms with Crippen molar-refractivity contribution in [1.29, 1.82) is 0 Å². The highest BCUT2D eigenvalue weighted by Gasteiger charge is 2.35. The lowest BCUT2D eigenvalue weighted by molar-refractivity contribution is -0.141. The largest absolute Gasteiger partial charge is 0.484 e. The third kappa shape index (κ3) is 5.24. The van der Waals surface area contributed by atoms with E-state index in [0.29, 0.717) is 41.8 Å². The first-order valence-corrected chi connectivity index (χ1v) is 8.27. The number of benzene rings is 1. The fourth-order valence-electron chi connectivity index (χ4n) is 2.85. The number of rotatable bonds is 5. The van der Waals surface area contributed by atoms with Gasteiger partial charge in [0.25, 0.3) is 5.91 Å². The molecule has 1 aliphatic rings. The van der Waals surface area contributed by atoms with Gasteiger partial charge in [-0.15, -0.1) is 0 Å². The van der Waals surface area contributed by atoms with Gasteiger partial charge in [0.1, 0.15) is 5.75 Å². The number of carbonyl (C=O) groups is 1. The zero-order valence-electron chi connectivity index (χ0n) is 13.4. The second-order valence-electron chi connectivity index (χ2n) is 6.25. The first-order chi connectivity index (χ1) is 10.8. The molecule has 1 amide bonds. The van der Waals surface area contributed by atoms with E-state index in [1.165, 1.54) is 0 Å². The highest BCUT2D eigenvalue weighted by Crippen LogP contribution is 2.26. The molecule has 23 heavy (non-hydrogen) atoms. The molecular formula is C16H22Cl2N2O3. The van der Waals surface area contributed by atoms with Gasteiger partial charge in [0.2, 0.25) is 0 Å². The van der Waals surface area contributed by atoms with E-state index in [-0.39, 0.29) is 12.5 Å². The number of amides is 1. The van der Waals surface area contributed by atoms with Crippen LogP contribution in [0.15, 0.2) is 18.2 Å². The van der Waals surface area contributed by atoms with E-state index in [2.05, 4.69) is 0 Å². The second-order valence-corrected chi connectivity index (χ2v) is 7.06. The number of aliphatic hydroxyl groups is 1. The van der Waals surface area contributed by atoms with Crippen molar-refractivity contribution in [2.45, 2.75) is 18.4 Å². The summed E-state index contributed by atoms with van der Waals surface area (Å²) in [5.41, 5.74) is -0.860. The number of likely N-dealkylation sites (tertiary alicyclic amines) is 1. The van der Waals surface area contributed by atoms with E-state index in [4.69, 9.17) is 27.9 Å². The van der Waals surface area contributed by atoms with Crippen LogP contribution in [0, 0.1) is 0 Å².